The van der Waals surface area contributed by atoms with Gasteiger partial charge in [0, 0.05) is 29.6 Å². The first-order chi connectivity index (χ1) is 15.4. The van der Waals surface area contributed by atoms with Crippen molar-refractivity contribution in [3.8, 4) is 11.3 Å². The van der Waals surface area contributed by atoms with Gasteiger partial charge >= 0.3 is 0 Å². The number of nitrogens with one attached hydrogen (secondary N) is 3. The Balaban J connectivity index is 1.53. The number of aromatic nitrogens is 2. The van der Waals surface area contributed by atoms with E-state index in [9.17, 15) is 13.2 Å². The number of H-pyrrole nitrogens is 1. The van der Waals surface area contributed by atoms with E-state index >= 15 is 0 Å². The van der Waals surface area contributed by atoms with Crippen molar-refractivity contribution in [2.45, 2.75) is 18.4 Å². The number of benzene rings is 3. The summed E-state index contributed by atoms with van der Waals surface area (Å²) in [5, 5.41) is 9.65. The van der Waals surface area contributed by atoms with Crippen molar-refractivity contribution in [2.24, 2.45) is 0 Å². The Kier molecular flexibility index (Phi) is 6.16. The fourth-order valence-electron chi connectivity index (χ4n) is 3.27. The standard InChI is InChI=1S/C24H22N4O3S/c1-17-10-11-20(15-23(17)32(30,31)26-16-18-6-3-2-4-7-18)24(29)27-21-9-5-8-19(14-21)22-12-13-25-28-22/h2-15,26H,16H2,1H3,(H,25,28)(H,27,29). The molecule has 162 valence electrons. The van der Waals surface area contributed by atoms with E-state index in [1.165, 1.54) is 6.07 Å². The first-order valence-electron chi connectivity index (χ1n) is 9.98. The first-order valence-corrected chi connectivity index (χ1v) is 11.5. The molecule has 1 amide bonds. The summed E-state index contributed by atoms with van der Waals surface area (Å²) >= 11 is 0. The van der Waals surface area contributed by atoms with Gasteiger partial charge in [0.2, 0.25) is 10.0 Å². The van der Waals surface area contributed by atoms with E-state index in [-0.39, 0.29) is 17.0 Å². The third-order valence-electron chi connectivity index (χ3n) is 4.98. The molecule has 0 spiro atoms. The van der Waals surface area contributed by atoms with Crippen LogP contribution >= 0.6 is 0 Å². The Morgan fingerprint density at radius 3 is 2.53 bits per heavy atom. The maximum Gasteiger partial charge on any atom is 0.255 e. The molecule has 0 unspecified atom stereocenters. The van der Waals surface area contributed by atoms with Crippen LogP contribution in [0.25, 0.3) is 11.3 Å². The molecule has 0 radical (unpaired) electrons. The molecule has 0 aliphatic heterocycles. The van der Waals surface area contributed by atoms with Crippen LogP contribution < -0.4 is 10.0 Å². The van der Waals surface area contributed by atoms with Gasteiger partial charge in [-0.25, -0.2) is 13.1 Å². The number of hydrogen-bond acceptors (Lipinski definition) is 4. The summed E-state index contributed by atoms with van der Waals surface area (Å²) in [5.41, 5.74) is 3.95. The molecule has 7 nitrogen and oxygen atoms in total. The predicted molar refractivity (Wildman–Crippen MR) is 124 cm³/mol. The highest BCUT2D eigenvalue weighted by Crippen LogP contribution is 2.22. The molecule has 0 aliphatic rings. The third kappa shape index (κ3) is 4.93. The van der Waals surface area contributed by atoms with Crippen LogP contribution in [0.4, 0.5) is 5.69 Å². The third-order valence-corrected chi connectivity index (χ3v) is 6.52. The molecule has 4 rings (SSSR count). The van der Waals surface area contributed by atoms with Crippen molar-refractivity contribution in [3.05, 3.63) is 102 Å². The minimum Gasteiger partial charge on any atom is -0.322 e. The fourth-order valence-corrected chi connectivity index (χ4v) is 4.55. The number of aromatic amines is 1. The van der Waals surface area contributed by atoms with Crippen molar-refractivity contribution < 1.29 is 13.2 Å². The van der Waals surface area contributed by atoms with Gasteiger partial charge in [0.25, 0.3) is 5.91 Å². The van der Waals surface area contributed by atoms with E-state index in [0.717, 1.165) is 16.8 Å². The molecule has 0 aliphatic carbocycles. The molecule has 0 saturated carbocycles. The molecular formula is C24H22N4O3S. The summed E-state index contributed by atoms with van der Waals surface area (Å²) in [5.74, 6) is -0.397. The van der Waals surface area contributed by atoms with E-state index < -0.39 is 15.9 Å². The number of sulfonamides is 1. The smallest absolute Gasteiger partial charge is 0.255 e. The van der Waals surface area contributed by atoms with Crippen LogP contribution in [0, 0.1) is 6.92 Å². The minimum absolute atomic E-state index is 0.0762. The van der Waals surface area contributed by atoms with Crippen molar-refractivity contribution in [3.63, 3.8) is 0 Å². The van der Waals surface area contributed by atoms with Gasteiger partial charge in [-0.05, 0) is 48.4 Å². The Labute approximate surface area is 186 Å². The second kappa shape index (κ2) is 9.17. The van der Waals surface area contributed by atoms with Gasteiger partial charge in [0.05, 0.1) is 10.6 Å². The van der Waals surface area contributed by atoms with Crippen LogP contribution in [0.5, 0.6) is 0 Å². The normalized spacial score (nSPS) is 11.3. The molecule has 0 fully saturated rings. The molecule has 1 heterocycles. The Morgan fingerprint density at radius 1 is 0.969 bits per heavy atom. The molecule has 3 N–H and O–H groups in total. The lowest BCUT2D eigenvalue weighted by Crippen LogP contribution is -2.24. The summed E-state index contributed by atoms with van der Waals surface area (Å²) in [6.45, 7) is 1.87. The van der Waals surface area contributed by atoms with Crippen LogP contribution in [0.1, 0.15) is 21.5 Å². The van der Waals surface area contributed by atoms with E-state index in [2.05, 4.69) is 20.2 Å². The van der Waals surface area contributed by atoms with E-state index in [1.54, 1.807) is 31.3 Å². The van der Waals surface area contributed by atoms with Gasteiger partial charge in [-0.1, -0.05) is 48.5 Å². The quantitative estimate of drug-likeness (QED) is 0.397. The van der Waals surface area contributed by atoms with E-state index in [1.807, 2.05) is 54.6 Å². The second-order valence-electron chi connectivity index (χ2n) is 7.30. The summed E-state index contributed by atoms with van der Waals surface area (Å²) in [6, 6.07) is 23.0. The second-order valence-corrected chi connectivity index (χ2v) is 9.03. The number of rotatable bonds is 7. The molecular weight excluding hydrogens is 424 g/mol. The number of amides is 1. The number of carbonyl (C=O) groups excluding carboxylic acids is 1. The fraction of sp³-hybridized carbons (Fsp3) is 0.0833. The topological polar surface area (TPSA) is 104 Å². The van der Waals surface area contributed by atoms with Crippen LogP contribution in [-0.4, -0.2) is 24.5 Å². The summed E-state index contributed by atoms with van der Waals surface area (Å²) in [4.78, 5) is 12.9. The van der Waals surface area contributed by atoms with Gasteiger partial charge < -0.3 is 5.32 Å². The lowest BCUT2D eigenvalue weighted by Gasteiger charge is -2.12. The molecule has 0 atom stereocenters. The SMILES string of the molecule is Cc1ccc(C(=O)Nc2cccc(-c3ccn[nH]3)c2)cc1S(=O)(=O)NCc1ccccc1. The maximum atomic E-state index is 12.9. The minimum atomic E-state index is -3.80. The van der Waals surface area contributed by atoms with Crippen LogP contribution in [0.15, 0.2) is 90.0 Å². The average molecular weight is 447 g/mol. The zero-order valence-corrected chi connectivity index (χ0v) is 18.2. The van der Waals surface area contributed by atoms with Gasteiger partial charge in [-0.15, -0.1) is 0 Å². The zero-order chi connectivity index (χ0) is 22.6. The summed E-state index contributed by atoms with van der Waals surface area (Å²) in [7, 11) is -3.80. The largest absolute Gasteiger partial charge is 0.322 e. The van der Waals surface area contributed by atoms with E-state index in [4.69, 9.17) is 0 Å². The van der Waals surface area contributed by atoms with Crippen molar-refractivity contribution >= 4 is 21.6 Å². The molecule has 0 saturated heterocycles. The number of hydrogen-bond donors (Lipinski definition) is 3. The lowest BCUT2D eigenvalue weighted by atomic mass is 10.1. The van der Waals surface area contributed by atoms with Gasteiger partial charge in [-0.3, -0.25) is 9.89 Å². The van der Waals surface area contributed by atoms with E-state index in [0.29, 0.717) is 11.3 Å². The van der Waals surface area contributed by atoms with Crippen molar-refractivity contribution in [1.29, 1.82) is 0 Å². The Hall–Kier alpha value is -3.75. The average Bonchev–Trinajstić information content (AvgIpc) is 3.34. The number of anilines is 1. The number of aryl methyl sites for hydroxylation is 1. The van der Waals surface area contributed by atoms with Crippen molar-refractivity contribution in [1.82, 2.24) is 14.9 Å². The lowest BCUT2D eigenvalue weighted by molar-refractivity contribution is 0.102. The van der Waals surface area contributed by atoms with Crippen LogP contribution in [0.3, 0.4) is 0 Å². The Bertz CT molecular complexity index is 1330. The highest BCUT2D eigenvalue weighted by atomic mass is 32.2. The monoisotopic (exact) mass is 446 g/mol. The molecule has 32 heavy (non-hydrogen) atoms. The summed E-state index contributed by atoms with van der Waals surface area (Å²) < 4.78 is 28.4. The predicted octanol–water partition coefficient (Wildman–Crippen LogP) is 4.12. The number of carbonyl (C=O) groups is 1. The van der Waals surface area contributed by atoms with Gasteiger partial charge in [0.15, 0.2) is 0 Å². The van der Waals surface area contributed by atoms with Gasteiger partial charge in [-0.2, -0.15) is 5.10 Å². The maximum absolute atomic E-state index is 12.9. The van der Waals surface area contributed by atoms with Gasteiger partial charge in [0.1, 0.15) is 0 Å². The molecule has 0 bridgehead atoms. The van der Waals surface area contributed by atoms with Crippen LogP contribution in [0.2, 0.25) is 0 Å². The summed E-state index contributed by atoms with van der Waals surface area (Å²) in [6.07, 6.45) is 1.65. The molecule has 8 heteroatoms. The van der Waals surface area contributed by atoms with Crippen LogP contribution in [-0.2, 0) is 16.6 Å². The molecule has 4 aromatic rings. The highest BCUT2D eigenvalue weighted by molar-refractivity contribution is 7.89. The number of nitrogens with zero attached hydrogens (tertiary/aromatic N) is 1. The van der Waals surface area contributed by atoms with Crippen molar-refractivity contribution in [2.75, 3.05) is 5.32 Å². The zero-order valence-electron chi connectivity index (χ0n) is 17.4. The highest BCUT2D eigenvalue weighted by Gasteiger charge is 2.19. The molecule has 3 aromatic carbocycles. The molecule has 1 aromatic heterocycles. The first kappa shape index (κ1) is 21.5. The Morgan fingerprint density at radius 2 is 1.78 bits per heavy atom.